The second-order valence-corrected chi connectivity index (χ2v) is 6.06. The molecule has 3 rings (SSSR count). The van der Waals surface area contributed by atoms with E-state index in [0.717, 1.165) is 23.4 Å². The van der Waals surface area contributed by atoms with Gasteiger partial charge in [0, 0.05) is 11.6 Å². The first kappa shape index (κ1) is 17.7. The smallest absolute Gasteiger partial charge is 0.177 e. The van der Waals surface area contributed by atoms with Gasteiger partial charge in [-0.2, -0.15) is 5.11 Å². The normalized spacial score (nSPS) is 11.0. The Balaban J connectivity index is 1.74. The summed E-state index contributed by atoms with van der Waals surface area (Å²) in [7, 11) is 1.65. The molecule has 0 amide bonds. The van der Waals surface area contributed by atoms with Crippen LogP contribution in [-0.4, -0.2) is 23.6 Å². The summed E-state index contributed by atoms with van der Waals surface area (Å²) in [6.45, 7) is 4.56. The van der Waals surface area contributed by atoms with Gasteiger partial charge in [-0.05, 0) is 38.0 Å². The maximum absolute atomic E-state index is 5.42. The zero-order valence-electron chi connectivity index (χ0n) is 15.3. The van der Waals surface area contributed by atoms with Crippen molar-refractivity contribution >= 4 is 5.82 Å². The minimum absolute atomic E-state index is 0.558. The second kappa shape index (κ2) is 8.34. The Bertz CT molecular complexity index is 904. The number of azo groups is 1. The van der Waals surface area contributed by atoms with E-state index in [9.17, 15) is 0 Å². The van der Waals surface area contributed by atoms with Gasteiger partial charge in [-0.3, -0.25) is 0 Å². The van der Waals surface area contributed by atoms with E-state index in [4.69, 9.17) is 4.74 Å². The monoisotopic (exact) mass is 346 g/mol. The van der Waals surface area contributed by atoms with Crippen LogP contribution in [0.2, 0.25) is 0 Å². The van der Waals surface area contributed by atoms with E-state index >= 15 is 0 Å². The zero-order valence-corrected chi connectivity index (χ0v) is 15.3. The lowest BCUT2D eigenvalue weighted by atomic mass is 10.1. The number of para-hydroxylation sites is 1. The number of hydrogen-bond acceptors (Lipinski definition) is 5. The molecule has 0 atom stereocenters. The van der Waals surface area contributed by atoms with Crippen LogP contribution in [0.4, 0.5) is 5.82 Å². The Morgan fingerprint density at radius 1 is 0.962 bits per heavy atom. The maximum atomic E-state index is 5.42. The third kappa shape index (κ3) is 4.51. The summed E-state index contributed by atoms with van der Waals surface area (Å²) in [6.07, 6.45) is 0.854. The van der Waals surface area contributed by atoms with Crippen molar-refractivity contribution < 1.29 is 4.74 Å². The van der Waals surface area contributed by atoms with Crippen molar-refractivity contribution in [3.05, 3.63) is 71.5 Å². The number of rotatable bonds is 6. The summed E-state index contributed by atoms with van der Waals surface area (Å²) < 4.78 is 5.42. The van der Waals surface area contributed by atoms with Gasteiger partial charge in [0.05, 0.1) is 19.3 Å². The molecule has 26 heavy (non-hydrogen) atoms. The maximum Gasteiger partial charge on any atom is 0.177 e. The predicted octanol–water partition coefficient (Wildman–Crippen LogP) is 5.10. The zero-order chi connectivity index (χ0) is 18.4. The fourth-order valence-electron chi connectivity index (χ4n) is 2.65. The number of aryl methyl sites for hydroxylation is 2. The molecule has 5 nitrogen and oxygen atoms in total. The van der Waals surface area contributed by atoms with Crippen molar-refractivity contribution in [2.45, 2.75) is 20.3 Å². The first-order chi connectivity index (χ1) is 12.7. The molecule has 0 unspecified atom stereocenters. The molecular formula is C21H22N4O. The minimum atomic E-state index is 0.558. The molecule has 0 bridgehead atoms. The molecule has 0 spiro atoms. The van der Waals surface area contributed by atoms with Crippen LogP contribution in [0, 0.1) is 13.8 Å². The fourth-order valence-corrected chi connectivity index (χ4v) is 2.65. The van der Waals surface area contributed by atoms with Crippen LogP contribution in [0.25, 0.3) is 11.3 Å². The van der Waals surface area contributed by atoms with E-state index in [-0.39, 0.29) is 0 Å². The summed E-state index contributed by atoms with van der Waals surface area (Å²) in [5.74, 6) is 1.98. The number of benzene rings is 2. The first-order valence-corrected chi connectivity index (χ1v) is 8.58. The third-order valence-corrected chi connectivity index (χ3v) is 4.00. The van der Waals surface area contributed by atoms with Crippen LogP contribution < -0.4 is 4.74 Å². The largest absolute Gasteiger partial charge is 0.496 e. The van der Waals surface area contributed by atoms with E-state index in [0.29, 0.717) is 18.2 Å². The fraction of sp³-hybridized carbons (Fsp3) is 0.238. The van der Waals surface area contributed by atoms with Crippen molar-refractivity contribution in [3.63, 3.8) is 0 Å². The average molecular weight is 346 g/mol. The van der Waals surface area contributed by atoms with Crippen LogP contribution in [0.1, 0.15) is 17.0 Å². The lowest BCUT2D eigenvalue weighted by Gasteiger charge is -2.08. The Morgan fingerprint density at radius 2 is 1.73 bits per heavy atom. The Labute approximate surface area is 153 Å². The molecule has 0 saturated carbocycles. The molecule has 0 aliphatic heterocycles. The molecular weight excluding hydrogens is 324 g/mol. The van der Waals surface area contributed by atoms with Crippen molar-refractivity contribution in [3.8, 4) is 17.0 Å². The highest BCUT2D eigenvalue weighted by atomic mass is 16.5. The summed E-state index contributed by atoms with van der Waals surface area (Å²) in [4.78, 5) is 8.86. The number of hydrogen-bond donors (Lipinski definition) is 0. The molecule has 0 radical (unpaired) electrons. The number of ether oxygens (including phenoxy) is 1. The van der Waals surface area contributed by atoms with E-state index in [1.165, 1.54) is 11.1 Å². The lowest BCUT2D eigenvalue weighted by Crippen LogP contribution is -1.94. The van der Waals surface area contributed by atoms with Gasteiger partial charge in [0.1, 0.15) is 11.6 Å². The topological polar surface area (TPSA) is 59.7 Å². The first-order valence-electron chi connectivity index (χ1n) is 8.58. The highest BCUT2D eigenvalue weighted by Crippen LogP contribution is 2.29. The number of nitrogens with zero attached hydrogens (tertiary/aromatic N) is 4. The van der Waals surface area contributed by atoms with Gasteiger partial charge in [0.2, 0.25) is 0 Å². The van der Waals surface area contributed by atoms with Gasteiger partial charge >= 0.3 is 0 Å². The minimum Gasteiger partial charge on any atom is -0.496 e. The van der Waals surface area contributed by atoms with E-state index in [1.54, 1.807) is 7.11 Å². The van der Waals surface area contributed by atoms with Crippen molar-refractivity contribution in [1.82, 2.24) is 9.97 Å². The van der Waals surface area contributed by atoms with Gasteiger partial charge in [0.15, 0.2) is 5.82 Å². The van der Waals surface area contributed by atoms with Gasteiger partial charge < -0.3 is 4.74 Å². The summed E-state index contributed by atoms with van der Waals surface area (Å²) in [6, 6.07) is 18.1. The van der Waals surface area contributed by atoms with E-state index in [2.05, 4.69) is 51.4 Å². The molecule has 1 heterocycles. The van der Waals surface area contributed by atoms with Gasteiger partial charge in [0.25, 0.3) is 0 Å². The molecule has 0 fully saturated rings. The van der Waals surface area contributed by atoms with Crippen LogP contribution in [0.15, 0.2) is 64.8 Å². The van der Waals surface area contributed by atoms with E-state index in [1.807, 2.05) is 37.3 Å². The highest BCUT2D eigenvalue weighted by Gasteiger charge is 2.09. The standard InChI is InChI=1S/C21H22N4O/c1-15-8-10-17(11-9-15)12-13-22-25-21-14-19(23-16(2)24-21)18-6-4-5-7-20(18)26-3/h4-11,14H,12-13H2,1-3H3. The molecule has 5 heteroatoms. The Hall–Kier alpha value is -3.08. The third-order valence-electron chi connectivity index (χ3n) is 4.00. The molecule has 0 aliphatic carbocycles. The van der Waals surface area contributed by atoms with Crippen LogP contribution in [0.3, 0.4) is 0 Å². The van der Waals surface area contributed by atoms with Gasteiger partial charge in [-0.1, -0.05) is 42.0 Å². The molecule has 132 valence electrons. The molecule has 0 saturated heterocycles. The second-order valence-electron chi connectivity index (χ2n) is 6.06. The van der Waals surface area contributed by atoms with Crippen LogP contribution in [0.5, 0.6) is 5.75 Å². The molecule has 2 aromatic carbocycles. The Kier molecular flexibility index (Phi) is 5.69. The lowest BCUT2D eigenvalue weighted by molar-refractivity contribution is 0.416. The van der Waals surface area contributed by atoms with Gasteiger partial charge in [-0.25, -0.2) is 9.97 Å². The SMILES string of the molecule is COc1ccccc1-c1cc(N=NCCc2ccc(C)cc2)nc(C)n1. The highest BCUT2D eigenvalue weighted by molar-refractivity contribution is 5.68. The number of methoxy groups -OCH3 is 1. The van der Waals surface area contributed by atoms with Crippen molar-refractivity contribution in [2.75, 3.05) is 13.7 Å². The summed E-state index contributed by atoms with van der Waals surface area (Å²) in [5, 5.41) is 8.56. The van der Waals surface area contributed by atoms with Gasteiger partial charge in [-0.15, -0.1) is 5.11 Å². The Morgan fingerprint density at radius 3 is 2.50 bits per heavy atom. The quantitative estimate of drug-likeness (QED) is 0.584. The molecule has 0 aliphatic rings. The van der Waals surface area contributed by atoms with E-state index < -0.39 is 0 Å². The predicted molar refractivity (Wildman–Crippen MR) is 103 cm³/mol. The van der Waals surface area contributed by atoms with Crippen LogP contribution in [-0.2, 0) is 6.42 Å². The molecule has 1 aromatic heterocycles. The van der Waals surface area contributed by atoms with Crippen LogP contribution >= 0.6 is 0 Å². The molecule has 0 N–H and O–H groups in total. The number of aromatic nitrogens is 2. The summed E-state index contributed by atoms with van der Waals surface area (Å²) in [5.41, 5.74) is 4.21. The molecule has 3 aromatic rings. The van der Waals surface area contributed by atoms with Crippen molar-refractivity contribution in [1.29, 1.82) is 0 Å². The summed E-state index contributed by atoms with van der Waals surface area (Å²) >= 11 is 0. The van der Waals surface area contributed by atoms with Crippen molar-refractivity contribution in [2.24, 2.45) is 10.2 Å². The average Bonchev–Trinajstić information content (AvgIpc) is 2.66.